The van der Waals surface area contributed by atoms with E-state index in [0.717, 1.165) is 16.8 Å². The smallest absolute Gasteiger partial charge is 0.191 e. The highest BCUT2D eigenvalue weighted by atomic mass is 32.1. The molecule has 2 aromatic carbocycles. The maximum absolute atomic E-state index is 9.59. The molecular weight excluding hydrogens is 338 g/mol. The van der Waals surface area contributed by atoms with Crippen molar-refractivity contribution in [3.05, 3.63) is 47.5 Å². The van der Waals surface area contributed by atoms with Gasteiger partial charge < -0.3 is 19.9 Å². The first kappa shape index (κ1) is 18.5. The monoisotopic (exact) mass is 359 g/mol. The van der Waals surface area contributed by atoms with Crippen molar-refractivity contribution >= 4 is 28.7 Å². The zero-order valence-electron chi connectivity index (χ0n) is 14.6. The summed E-state index contributed by atoms with van der Waals surface area (Å²) >= 11 is 5.27. The number of rotatable bonds is 5. The number of phenolic OH excluding ortho intramolecular Hbond substituents is 1. The first-order valence-electron chi connectivity index (χ1n) is 7.58. The SMILES string of the molecule is COc1ccc(OC)c(NC(=S)N/N=C(\C)c2ccc(O)c(C)c2)c1. The molecular formula is C18H21N3O3S. The summed E-state index contributed by atoms with van der Waals surface area (Å²) in [6.07, 6.45) is 0. The second-order valence-corrected chi connectivity index (χ2v) is 5.74. The highest BCUT2D eigenvalue weighted by Gasteiger charge is 2.07. The van der Waals surface area contributed by atoms with Crippen LogP contribution in [0.25, 0.3) is 0 Å². The Kier molecular flexibility index (Phi) is 6.19. The number of hydrazone groups is 1. The Morgan fingerprint density at radius 1 is 1.12 bits per heavy atom. The van der Waals surface area contributed by atoms with Crippen molar-refractivity contribution < 1.29 is 14.6 Å². The number of phenols is 1. The molecule has 0 saturated heterocycles. The Morgan fingerprint density at radius 2 is 1.88 bits per heavy atom. The first-order chi connectivity index (χ1) is 11.9. The van der Waals surface area contributed by atoms with Gasteiger partial charge in [-0.3, -0.25) is 5.43 Å². The van der Waals surface area contributed by atoms with Gasteiger partial charge in [-0.1, -0.05) is 0 Å². The summed E-state index contributed by atoms with van der Waals surface area (Å²) in [6, 6.07) is 10.7. The molecule has 0 radical (unpaired) electrons. The lowest BCUT2D eigenvalue weighted by molar-refractivity contribution is 0.405. The second kappa shape index (κ2) is 8.34. The fraction of sp³-hybridized carbons (Fsp3) is 0.222. The van der Waals surface area contributed by atoms with E-state index in [1.165, 1.54) is 0 Å². The summed E-state index contributed by atoms with van der Waals surface area (Å²) in [5.41, 5.74) is 5.90. The van der Waals surface area contributed by atoms with E-state index in [0.29, 0.717) is 22.3 Å². The lowest BCUT2D eigenvalue weighted by Crippen LogP contribution is -2.25. The number of nitrogens with zero attached hydrogens (tertiary/aromatic N) is 1. The molecule has 0 bridgehead atoms. The molecule has 0 unspecified atom stereocenters. The van der Waals surface area contributed by atoms with Crippen molar-refractivity contribution in [2.45, 2.75) is 13.8 Å². The van der Waals surface area contributed by atoms with Crippen LogP contribution in [0.1, 0.15) is 18.1 Å². The number of ether oxygens (including phenoxy) is 2. The van der Waals surface area contributed by atoms with E-state index in [-0.39, 0.29) is 5.75 Å². The van der Waals surface area contributed by atoms with Gasteiger partial charge >= 0.3 is 0 Å². The molecule has 3 N–H and O–H groups in total. The normalized spacial score (nSPS) is 11.0. The molecule has 2 aromatic rings. The predicted octanol–water partition coefficient (Wildman–Crippen LogP) is 3.43. The average Bonchev–Trinajstić information content (AvgIpc) is 2.61. The summed E-state index contributed by atoms with van der Waals surface area (Å²) in [4.78, 5) is 0. The summed E-state index contributed by atoms with van der Waals surface area (Å²) in [5, 5.41) is 17.2. The van der Waals surface area contributed by atoms with Crippen molar-refractivity contribution in [3.63, 3.8) is 0 Å². The number of benzene rings is 2. The van der Waals surface area contributed by atoms with Crippen molar-refractivity contribution in [2.24, 2.45) is 5.10 Å². The van der Waals surface area contributed by atoms with Crippen LogP contribution in [0.4, 0.5) is 5.69 Å². The predicted molar refractivity (Wildman–Crippen MR) is 104 cm³/mol. The lowest BCUT2D eigenvalue weighted by Gasteiger charge is -2.13. The molecule has 6 nitrogen and oxygen atoms in total. The second-order valence-electron chi connectivity index (χ2n) is 5.33. The maximum Gasteiger partial charge on any atom is 0.191 e. The van der Waals surface area contributed by atoms with Gasteiger partial charge in [0.1, 0.15) is 17.2 Å². The van der Waals surface area contributed by atoms with Gasteiger partial charge in [-0.2, -0.15) is 5.10 Å². The Bertz CT molecular complexity index is 806. The van der Waals surface area contributed by atoms with Crippen LogP contribution in [0.15, 0.2) is 41.5 Å². The standard InChI is InChI=1S/C18H21N3O3S/c1-11-9-13(5-7-16(11)22)12(2)20-21-18(25)19-15-10-14(23-3)6-8-17(15)24-4/h5-10,22H,1-4H3,(H2,19,21,25)/b20-12+. The van der Waals surface area contributed by atoms with E-state index < -0.39 is 0 Å². The van der Waals surface area contributed by atoms with Crippen molar-refractivity contribution in [3.8, 4) is 17.2 Å². The molecule has 0 aliphatic heterocycles. The Hall–Kier alpha value is -2.80. The average molecular weight is 359 g/mol. The topological polar surface area (TPSA) is 75.1 Å². The number of nitrogens with one attached hydrogen (secondary N) is 2. The summed E-state index contributed by atoms with van der Waals surface area (Å²) in [7, 11) is 3.17. The lowest BCUT2D eigenvalue weighted by atomic mass is 10.1. The minimum atomic E-state index is 0.256. The number of thiocarbonyl (C=S) groups is 1. The maximum atomic E-state index is 9.59. The zero-order chi connectivity index (χ0) is 18.4. The van der Waals surface area contributed by atoms with Gasteiger partial charge in [0.25, 0.3) is 0 Å². The Labute approximate surface area is 152 Å². The highest BCUT2D eigenvalue weighted by Crippen LogP contribution is 2.28. The van der Waals surface area contributed by atoms with Crippen molar-refractivity contribution in [1.82, 2.24) is 5.43 Å². The third kappa shape index (κ3) is 4.84. The zero-order valence-corrected chi connectivity index (χ0v) is 15.4. The minimum absolute atomic E-state index is 0.256. The summed E-state index contributed by atoms with van der Waals surface area (Å²) < 4.78 is 10.5. The highest BCUT2D eigenvalue weighted by molar-refractivity contribution is 7.80. The van der Waals surface area contributed by atoms with Gasteiger partial charge in [-0.15, -0.1) is 0 Å². The number of hydrogen-bond acceptors (Lipinski definition) is 5. The molecule has 0 aromatic heterocycles. The number of methoxy groups -OCH3 is 2. The van der Waals surface area contributed by atoms with E-state index in [9.17, 15) is 5.11 Å². The van der Waals surface area contributed by atoms with Crippen LogP contribution in [-0.4, -0.2) is 30.2 Å². The van der Waals surface area contributed by atoms with Crippen LogP contribution in [0.2, 0.25) is 0 Å². The molecule has 132 valence electrons. The molecule has 0 saturated carbocycles. The van der Waals surface area contributed by atoms with Gasteiger partial charge in [-0.25, -0.2) is 0 Å². The number of aryl methyl sites for hydroxylation is 1. The van der Waals surface area contributed by atoms with Gasteiger partial charge in [0.15, 0.2) is 5.11 Å². The first-order valence-corrected chi connectivity index (χ1v) is 7.98. The van der Waals surface area contributed by atoms with E-state index in [1.807, 2.05) is 19.9 Å². The van der Waals surface area contributed by atoms with Crippen LogP contribution in [-0.2, 0) is 0 Å². The quantitative estimate of drug-likeness (QED) is 0.431. The molecule has 0 amide bonds. The van der Waals surface area contributed by atoms with E-state index >= 15 is 0 Å². The van der Waals surface area contributed by atoms with Crippen molar-refractivity contribution in [2.75, 3.05) is 19.5 Å². The fourth-order valence-corrected chi connectivity index (χ4v) is 2.30. The number of hydrogen-bond donors (Lipinski definition) is 3. The van der Waals surface area contributed by atoms with Crippen LogP contribution in [0.5, 0.6) is 17.2 Å². The molecule has 25 heavy (non-hydrogen) atoms. The van der Waals surface area contributed by atoms with Crippen LogP contribution in [0, 0.1) is 6.92 Å². The van der Waals surface area contributed by atoms with E-state index in [1.54, 1.807) is 44.6 Å². The third-order valence-electron chi connectivity index (χ3n) is 3.59. The molecule has 7 heteroatoms. The Balaban J connectivity index is 2.08. The number of aromatic hydroxyl groups is 1. The van der Waals surface area contributed by atoms with E-state index in [4.69, 9.17) is 21.7 Å². The molecule has 0 spiro atoms. The molecule has 0 aliphatic carbocycles. The molecule has 0 heterocycles. The van der Waals surface area contributed by atoms with Gasteiger partial charge in [0.05, 0.1) is 25.6 Å². The summed E-state index contributed by atoms with van der Waals surface area (Å²) in [6.45, 7) is 3.69. The summed E-state index contributed by atoms with van der Waals surface area (Å²) in [5.74, 6) is 1.58. The molecule has 0 fully saturated rings. The number of anilines is 1. The third-order valence-corrected chi connectivity index (χ3v) is 3.79. The Morgan fingerprint density at radius 3 is 2.52 bits per heavy atom. The minimum Gasteiger partial charge on any atom is -0.508 e. The van der Waals surface area contributed by atoms with Gasteiger partial charge in [0.2, 0.25) is 0 Å². The van der Waals surface area contributed by atoms with Gasteiger partial charge in [0, 0.05) is 6.07 Å². The largest absolute Gasteiger partial charge is 0.508 e. The fourth-order valence-electron chi connectivity index (χ4n) is 2.14. The van der Waals surface area contributed by atoms with Crippen LogP contribution < -0.4 is 20.2 Å². The van der Waals surface area contributed by atoms with E-state index in [2.05, 4.69) is 15.8 Å². The molecule has 2 rings (SSSR count). The molecule has 0 atom stereocenters. The van der Waals surface area contributed by atoms with Crippen LogP contribution >= 0.6 is 12.2 Å². The molecule has 0 aliphatic rings. The van der Waals surface area contributed by atoms with Crippen LogP contribution in [0.3, 0.4) is 0 Å². The van der Waals surface area contributed by atoms with Gasteiger partial charge in [-0.05, 0) is 67.5 Å². The van der Waals surface area contributed by atoms with Crippen molar-refractivity contribution in [1.29, 1.82) is 0 Å².